The van der Waals surface area contributed by atoms with Crippen molar-refractivity contribution in [2.75, 3.05) is 13.7 Å². The van der Waals surface area contributed by atoms with E-state index in [0.29, 0.717) is 0 Å². The quantitative estimate of drug-likeness (QED) is 0.867. The van der Waals surface area contributed by atoms with E-state index in [1.807, 2.05) is 12.1 Å². The minimum atomic E-state index is 0.731. The lowest BCUT2D eigenvalue weighted by molar-refractivity contribution is 0.387. The Morgan fingerprint density at radius 1 is 1.05 bits per heavy atom. The van der Waals surface area contributed by atoms with Gasteiger partial charge in [-0.2, -0.15) is 0 Å². The van der Waals surface area contributed by atoms with E-state index in [-0.39, 0.29) is 0 Å². The second-order valence-corrected chi connectivity index (χ2v) is 5.56. The van der Waals surface area contributed by atoms with Gasteiger partial charge in [0.05, 0.1) is 7.11 Å². The smallest absolute Gasteiger partial charge is 0.122 e. The summed E-state index contributed by atoms with van der Waals surface area (Å²) < 4.78 is 5.40. The van der Waals surface area contributed by atoms with Crippen LogP contribution in [-0.4, -0.2) is 19.7 Å². The van der Waals surface area contributed by atoms with Gasteiger partial charge in [-0.1, -0.05) is 50.3 Å². The molecule has 0 radical (unpaired) electrons. The van der Waals surface area contributed by atoms with Crippen LogP contribution in [0.25, 0.3) is 0 Å². The molecule has 0 heterocycles. The fourth-order valence-electron chi connectivity index (χ4n) is 2.98. The van der Waals surface area contributed by atoms with Gasteiger partial charge in [-0.3, -0.25) is 0 Å². The van der Waals surface area contributed by atoms with E-state index < -0.39 is 0 Å². The third-order valence-corrected chi connectivity index (χ3v) is 4.13. The zero-order valence-corrected chi connectivity index (χ0v) is 12.2. The molecule has 0 aromatic heterocycles. The normalized spacial score (nSPS) is 17.7. The van der Waals surface area contributed by atoms with Crippen LogP contribution < -0.4 is 10.1 Å². The predicted molar refractivity (Wildman–Crippen MR) is 80.8 cm³/mol. The summed E-state index contributed by atoms with van der Waals surface area (Å²) in [5.74, 6) is 1.02. The fraction of sp³-hybridized carbons (Fsp3) is 0.647. The Balaban J connectivity index is 1.75. The lowest BCUT2D eigenvalue weighted by atomic mass is 9.96. The van der Waals surface area contributed by atoms with Crippen LogP contribution in [0.3, 0.4) is 0 Å². The number of methoxy groups -OCH3 is 1. The second kappa shape index (κ2) is 8.21. The Morgan fingerprint density at radius 2 is 1.74 bits per heavy atom. The lowest BCUT2D eigenvalue weighted by Crippen LogP contribution is -2.31. The molecule has 2 heteroatoms. The van der Waals surface area contributed by atoms with Crippen LogP contribution in [0, 0.1) is 0 Å². The van der Waals surface area contributed by atoms with Crippen molar-refractivity contribution in [1.82, 2.24) is 5.32 Å². The first-order valence-corrected chi connectivity index (χ1v) is 7.75. The number of nitrogens with one attached hydrogen (secondary N) is 1. The summed E-state index contributed by atoms with van der Waals surface area (Å²) in [6.45, 7) is 1.06. The van der Waals surface area contributed by atoms with E-state index in [9.17, 15) is 0 Å². The van der Waals surface area contributed by atoms with Crippen molar-refractivity contribution in [2.24, 2.45) is 0 Å². The zero-order valence-electron chi connectivity index (χ0n) is 12.2. The first-order valence-electron chi connectivity index (χ1n) is 7.75. The van der Waals surface area contributed by atoms with E-state index in [1.165, 1.54) is 50.5 Å². The highest BCUT2D eigenvalue weighted by molar-refractivity contribution is 5.33. The van der Waals surface area contributed by atoms with Gasteiger partial charge in [0.1, 0.15) is 5.75 Å². The van der Waals surface area contributed by atoms with Gasteiger partial charge in [-0.25, -0.2) is 0 Å². The molecule has 1 aliphatic rings. The van der Waals surface area contributed by atoms with Gasteiger partial charge in [-0.05, 0) is 37.4 Å². The standard InChI is InChI=1S/C17H27NO/c1-19-17-12-8-7-9-15(17)13-14-18-16-10-5-3-2-4-6-11-16/h7-9,12,16,18H,2-6,10-11,13-14H2,1H3. The van der Waals surface area contributed by atoms with E-state index >= 15 is 0 Å². The molecule has 0 amide bonds. The van der Waals surface area contributed by atoms with E-state index in [0.717, 1.165) is 24.8 Å². The molecule has 0 bridgehead atoms. The van der Waals surface area contributed by atoms with Crippen LogP contribution in [0.2, 0.25) is 0 Å². The van der Waals surface area contributed by atoms with E-state index in [2.05, 4.69) is 17.4 Å². The van der Waals surface area contributed by atoms with Crippen molar-refractivity contribution in [3.63, 3.8) is 0 Å². The number of hydrogen-bond acceptors (Lipinski definition) is 2. The summed E-state index contributed by atoms with van der Waals surface area (Å²) in [5.41, 5.74) is 1.31. The Bertz CT molecular complexity index is 356. The summed E-state index contributed by atoms with van der Waals surface area (Å²) in [4.78, 5) is 0. The molecule has 1 aromatic carbocycles. The van der Waals surface area contributed by atoms with Crippen molar-refractivity contribution in [2.45, 2.75) is 57.4 Å². The monoisotopic (exact) mass is 261 g/mol. The Kier molecular flexibility index (Phi) is 6.22. The number of para-hydroxylation sites is 1. The van der Waals surface area contributed by atoms with Crippen LogP contribution in [0.1, 0.15) is 50.5 Å². The second-order valence-electron chi connectivity index (χ2n) is 5.56. The third-order valence-electron chi connectivity index (χ3n) is 4.13. The molecule has 0 unspecified atom stereocenters. The Labute approximate surface area is 117 Å². The zero-order chi connectivity index (χ0) is 13.3. The minimum Gasteiger partial charge on any atom is -0.496 e. The molecule has 0 saturated heterocycles. The first kappa shape index (κ1) is 14.4. The van der Waals surface area contributed by atoms with Gasteiger partial charge >= 0.3 is 0 Å². The maximum atomic E-state index is 5.40. The predicted octanol–water partition coefficient (Wildman–Crippen LogP) is 3.94. The van der Waals surface area contributed by atoms with Crippen LogP contribution >= 0.6 is 0 Å². The minimum absolute atomic E-state index is 0.731. The van der Waals surface area contributed by atoms with E-state index in [4.69, 9.17) is 4.74 Å². The van der Waals surface area contributed by atoms with Gasteiger partial charge in [0, 0.05) is 6.04 Å². The average molecular weight is 261 g/mol. The van der Waals surface area contributed by atoms with Crippen LogP contribution in [0.5, 0.6) is 5.75 Å². The van der Waals surface area contributed by atoms with Gasteiger partial charge < -0.3 is 10.1 Å². The van der Waals surface area contributed by atoms with E-state index in [1.54, 1.807) is 7.11 Å². The van der Waals surface area contributed by atoms with Crippen molar-refractivity contribution in [3.05, 3.63) is 29.8 Å². The number of ether oxygens (including phenoxy) is 1. The van der Waals surface area contributed by atoms with Crippen LogP contribution in [0.15, 0.2) is 24.3 Å². The maximum Gasteiger partial charge on any atom is 0.122 e. The van der Waals surface area contributed by atoms with Gasteiger partial charge in [-0.15, -0.1) is 0 Å². The molecule has 1 N–H and O–H groups in total. The average Bonchev–Trinajstić information content (AvgIpc) is 2.41. The molecule has 19 heavy (non-hydrogen) atoms. The lowest BCUT2D eigenvalue weighted by Gasteiger charge is -2.21. The fourth-order valence-corrected chi connectivity index (χ4v) is 2.98. The summed E-state index contributed by atoms with van der Waals surface area (Å²) >= 11 is 0. The molecule has 1 aliphatic carbocycles. The first-order chi connectivity index (χ1) is 9.40. The molecule has 0 aliphatic heterocycles. The Hall–Kier alpha value is -1.02. The summed E-state index contributed by atoms with van der Waals surface area (Å²) in [6, 6.07) is 9.07. The van der Waals surface area contributed by atoms with Crippen molar-refractivity contribution < 1.29 is 4.74 Å². The van der Waals surface area contributed by atoms with Crippen LogP contribution in [-0.2, 0) is 6.42 Å². The molecular weight excluding hydrogens is 234 g/mol. The van der Waals surface area contributed by atoms with Crippen LogP contribution in [0.4, 0.5) is 0 Å². The molecule has 2 rings (SSSR count). The molecule has 1 fully saturated rings. The van der Waals surface area contributed by atoms with Crippen molar-refractivity contribution in [3.8, 4) is 5.75 Å². The summed E-state index contributed by atoms with van der Waals surface area (Å²) in [7, 11) is 1.75. The highest BCUT2D eigenvalue weighted by Crippen LogP contribution is 2.19. The number of rotatable bonds is 5. The number of hydrogen-bond donors (Lipinski definition) is 1. The van der Waals surface area contributed by atoms with Crippen molar-refractivity contribution in [1.29, 1.82) is 0 Å². The maximum absolute atomic E-state index is 5.40. The summed E-state index contributed by atoms with van der Waals surface area (Å²) in [6.07, 6.45) is 10.8. The molecular formula is C17H27NO. The summed E-state index contributed by atoms with van der Waals surface area (Å²) in [5, 5.41) is 3.73. The molecule has 2 nitrogen and oxygen atoms in total. The van der Waals surface area contributed by atoms with Gasteiger partial charge in [0.15, 0.2) is 0 Å². The SMILES string of the molecule is COc1ccccc1CCNC1CCCCCCC1. The molecule has 1 saturated carbocycles. The molecule has 1 aromatic rings. The topological polar surface area (TPSA) is 21.3 Å². The van der Waals surface area contributed by atoms with Gasteiger partial charge in [0.2, 0.25) is 0 Å². The molecule has 106 valence electrons. The number of benzene rings is 1. The highest BCUT2D eigenvalue weighted by atomic mass is 16.5. The van der Waals surface area contributed by atoms with Crippen molar-refractivity contribution >= 4 is 0 Å². The molecule has 0 atom stereocenters. The largest absolute Gasteiger partial charge is 0.496 e. The Morgan fingerprint density at radius 3 is 2.47 bits per heavy atom. The molecule has 0 spiro atoms. The van der Waals surface area contributed by atoms with Gasteiger partial charge in [0.25, 0.3) is 0 Å². The highest BCUT2D eigenvalue weighted by Gasteiger charge is 2.10. The third kappa shape index (κ3) is 4.87.